The van der Waals surface area contributed by atoms with Crippen LogP contribution in [0.2, 0.25) is 0 Å². The number of sulfonamides is 1. The van der Waals surface area contributed by atoms with Gasteiger partial charge < -0.3 is 14.6 Å². The summed E-state index contributed by atoms with van der Waals surface area (Å²) in [6, 6.07) is 7.45. The number of alkyl halides is 7. The van der Waals surface area contributed by atoms with Crippen molar-refractivity contribution in [3.8, 4) is 17.3 Å². The minimum Gasteiger partial charge on any atom is -0.443 e. The second-order valence-electron chi connectivity index (χ2n) is 11.5. The Labute approximate surface area is 261 Å². The van der Waals surface area contributed by atoms with E-state index in [-0.39, 0.29) is 69.1 Å². The quantitative estimate of drug-likeness (QED) is 0.426. The van der Waals surface area contributed by atoms with Crippen LogP contribution in [0, 0.1) is 17.2 Å². The molecule has 2 heterocycles. The van der Waals surface area contributed by atoms with E-state index >= 15 is 0 Å². The SMILES string of the molecule is CS(=O)(=O)N1CCN(C(=O)c2ccc(-c3coc(C(F)(F)C(F)(F)F)n3)cc2)CC1.N#CC1(NC(=O)[C@H]2CCCC(F)(F)C2)CC1.[HH]. The van der Waals surface area contributed by atoms with Gasteiger partial charge in [0.05, 0.1) is 12.3 Å². The summed E-state index contributed by atoms with van der Waals surface area (Å²) in [6.07, 6.45) is -2.42. The largest absolute Gasteiger partial charge is 0.463 e. The van der Waals surface area contributed by atoms with Crippen LogP contribution in [0.15, 0.2) is 34.9 Å². The summed E-state index contributed by atoms with van der Waals surface area (Å²) in [5.74, 6) is -11.1. The van der Waals surface area contributed by atoms with Crippen LogP contribution in [0.5, 0.6) is 0 Å². The molecule has 2 amide bonds. The fraction of sp³-hybridized carbons (Fsp3) is 0.571. The zero-order valence-corrected chi connectivity index (χ0v) is 25.2. The molecule has 2 saturated carbocycles. The highest BCUT2D eigenvalue weighted by Gasteiger charge is 2.62. The van der Waals surface area contributed by atoms with Gasteiger partial charge in [-0.25, -0.2) is 22.2 Å². The van der Waals surface area contributed by atoms with E-state index in [1.807, 2.05) is 6.07 Å². The van der Waals surface area contributed by atoms with Gasteiger partial charge >= 0.3 is 12.1 Å². The lowest BCUT2D eigenvalue weighted by atomic mass is 9.86. The Morgan fingerprint density at radius 3 is 2.17 bits per heavy atom. The number of nitrogens with zero attached hydrogens (tertiary/aromatic N) is 4. The highest BCUT2D eigenvalue weighted by Crippen LogP contribution is 2.44. The van der Waals surface area contributed by atoms with Crippen molar-refractivity contribution in [3.05, 3.63) is 42.0 Å². The maximum Gasteiger partial charge on any atom is 0.463 e. The van der Waals surface area contributed by atoms with Crippen LogP contribution in [-0.4, -0.2) is 84.5 Å². The number of benzene rings is 1. The molecule has 0 bridgehead atoms. The lowest BCUT2D eigenvalue weighted by molar-refractivity contribution is -0.297. The molecule has 1 N–H and O–H groups in total. The fourth-order valence-electron chi connectivity index (χ4n) is 4.98. The van der Waals surface area contributed by atoms with Gasteiger partial charge in [-0.15, -0.1) is 0 Å². The Morgan fingerprint density at radius 2 is 1.67 bits per heavy atom. The highest BCUT2D eigenvalue weighted by atomic mass is 32.2. The van der Waals surface area contributed by atoms with Gasteiger partial charge in [0.25, 0.3) is 11.8 Å². The van der Waals surface area contributed by atoms with E-state index in [2.05, 4.69) is 14.7 Å². The number of carbonyl (C=O) groups is 2. The molecule has 1 aromatic carbocycles. The molecule has 46 heavy (non-hydrogen) atoms. The number of halogens is 7. The number of nitriles is 1. The lowest BCUT2D eigenvalue weighted by Gasteiger charge is -2.33. The number of carbonyl (C=O) groups excluding carboxylic acids is 2. The van der Waals surface area contributed by atoms with Gasteiger partial charge in [0.2, 0.25) is 21.9 Å². The second kappa shape index (κ2) is 12.8. The number of hydrogen-bond acceptors (Lipinski definition) is 7. The van der Waals surface area contributed by atoms with Crippen molar-refractivity contribution in [2.45, 2.75) is 62.1 Å². The minimum atomic E-state index is -5.84. The van der Waals surface area contributed by atoms with Gasteiger partial charge in [-0.05, 0) is 37.8 Å². The Bertz CT molecular complexity index is 1580. The van der Waals surface area contributed by atoms with Crippen molar-refractivity contribution in [2.75, 3.05) is 32.4 Å². The average Bonchev–Trinajstić information content (AvgIpc) is 3.57. The predicted octanol–water partition coefficient (Wildman–Crippen LogP) is 4.94. The van der Waals surface area contributed by atoms with Crippen LogP contribution in [0.4, 0.5) is 30.7 Å². The van der Waals surface area contributed by atoms with Gasteiger partial charge in [-0.2, -0.15) is 31.5 Å². The number of oxazole rings is 1. The van der Waals surface area contributed by atoms with Gasteiger partial charge in [0, 0.05) is 57.5 Å². The van der Waals surface area contributed by atoms with E-state index in [9.17, 15) is 48.7 Å². The van der Waals surface area contributed by atoms with Crippen molar-refractivity contribution in [2.24, 2.45) is 5.92 Å². The molecule has 1 aromatic heterocycles. The molecule has 1 aliphatic heterocycles. The number of nitrogens with one attached hydrogen (secondary N) is 1. The highest BCUT2D eigenvalue weighted by molar-refractivity contribution is 7.88. The number of hydrogen-bond donors (Lipinski definition) is 1. The van der Waals surface area contributed by atoms with Gasteiger partial charge in [-0.3, -0.25) is 9.59 Å². The number of piperazine rings is 1. The molecular weight excluding hydrogens is 651 g/mol. The monoisotopic (exact) mass is 683 g/mol. The molecule has 1 atom stereocenters. The van der Waals surface area contributed by atoms with E-state index in [4.69, 9.17) is 5.26 Å². The van der Waals surface area contributed by atoms with E-state index in [0.29, 0.717) is 31.9 Å². The molecule has 0 unspecified atom stereocenters. The zero-order chi connectivity index (χ0) is 34.1. The molecule has 10 nitrogen and oxygen atoms in total. The molecule has 0 radical (unpaired) electrons. The third-order valence-corrected chi connectivity index (χ3v) is 9.19. The van der Waals surface area contributed by atoms with Crippen molar-refractivity contribution < 1.29 is 54.6 Å². The Hall–Kier alpha value is -3.72. The van der Waals surface area contributed by atoms with Crippen molar-refractivity contribution in [1.82, 2.24) is 19.5 Å². The Balaban J connectivity index is 0.000000298. The fourth-order valence-corrected chi connectivity index (χ4v) is 5.81. The molecule has 3 fully saturated rings. The number of aromatic nitrogens is 1. The average molecular weight is 684 g/mol. The van der Waals surface area contributed by atoms with E-state index in [1.165, 1.54) is 33.5 Å². The molecule has 1 saturated heterocycles. The van der Waals surface area contributed by atoms with Crippen LogP contribution in [0.1, 0.15) is 56.2 Å². The van der Waals surface area contributed by atoms with Crippen molar-refractivity contribution in [3.63, 3.8) is 0 Å². The first-order chi connectivity index (χ1) is 21.3. The summed E-state index contributed by atoms with van der Waals surface area (Å²) in [6.45, 7) is 0.731. The number of amides is 2. The van der Waals surface area contributed by atoms with E-state index < -0.39 is 45.4 Å². The molecule has 5 rings (SSSR count). The van der Waals surface area contributed by atoms with Gasteiger partial charge in [0.1, 0.15) is 17.5 Å². The smallest absolute Gasteiger partial charge is 0.443 e. The first kappa shape index (κ1) is 35.1. The van der Waals surface area contributed by atoms with Crippen molar-refractivity contribution in [1.29, 1.82) is 5.26 Å². The summed E-state index contributed by atoms with van der Waals surface area (Å²) in [4.78, 5) is 28.9. The van der Waals surface area contributed by atoms with Crippen LogP contribution in [0.3, 0.4) is 0 Å². The molecule has 2 aromatic rings. The van der Waals surface area contributed by atoms with Crippen LogP contribution >= 0.6 is 0 Å². The van der Waals surface area contributed by atoms with Crippen molar-refractivity contribution >= 4 is 21.8 Å². The maximum atomic E-state index is 13.3. The topological polar surface area (TPSA) is 137 Å². The summed E-state index contributed by atoms with van der Waals surface area (Å²) in [5.41, 5.74) is -0.559. The van der Waals surface area contributed by atoms with Crippen LogP contribution in [0.25, 0.3) is 11.3 Å². The zero-order valence-electron chi connectivity index (χ0n) is 24.4. The molecular formula is C28H32F7N5O5S. The minimum absolute atomic E-state index is 0. The molecule has 2 aliphatic carbocycles. The lowest BCUT2D eigenvalue weighted by Crippen LogP contribution is -2.50. The van der Waals surface area contributed by atoms with Crippen LogP contribution in [-0.2, 0) is 20.7 Å². The second-order valence-corrected chi connectivity index (χ2v) is 13.5. The molecule has 18 heteroatoms. The first-order valence-electron chi connectivity index (χ1n) is 14.1. The van der Waals surface area contributed by atoms with E-state index in [1.54, 1.807) is 0 Å². The summed E-state index contributed by atoms with van der Waals surface area (Å²) in [7, 11) is -3.34. The maximum absolute atomic E-state index is 13.3. The Kier molecular flexibility index (Phi) is 9.79. The van der Waals surface area contributed by atoms with Gasteiger partial charge in [0.15, 0.2) is 0 Å². The third-order valence-electron chi connectivity index (χ3n) is 7.89. The summed E-state index contributed by atoms with van der Waals surface area (Å²) < 4.78 is 119. The normalized spacial score (nSPS) is 21.4. The standard InChI is InChI=1S/C17H16F5N3O4S.C11H14F2N2O.H2/c1-30(27,28)25-8-6-24(7-9-25)14(26)12-4-2-11(3-5-12)13-10-29-15(23-13)16(18,19)17(20,21)22;12-11(13)3-1-2-8(6-11)9(16)15-10(7-14)4-5-10;/h2-5,10H,6-9H2,1H3;8H,1-6H2,(H,15,16);1H/t;8-;/m.0./s1. The number of rotatable bonds is 6. The molecule has 254 valence electrons. The first-order valence-corrected chi connectivity index (χ1v) is 16.0. The summed E-state index contributed by atoms with van der Waals surface area (Å²) in [5, 5.41) is 11.4. The van der Waals surface area contributed by atoms with E-state index in [0.717, 1.165) is 6.26 Å². The molecule has 0 spiro atoms. The van der Waals surface area contributed by atoms with Gasteiger partial charge in [-0.1, -0.05) is 12.1 Å². The van der Waals surface area contributed by atoms with Crippen LogP contribution < -0.4 is 5.32 Å². The predicted molar refractivity (Wildman–Crippen MR) is 149 cm³/mol. The summed E-state index contributed by atoms with van der Waals surface area (Å²) >= 11 is 0. The Morgan fingerprint density at radius 1 is 1.07 bits per heavy atom. The molecule has 3 aliphatic rings. The third kappa shape index (κ3) is 8.16.